The zero-order valence-corrected chi connectivity index (χ0v) is 21.2. The monoisotopic (exact) mass is 431 g/mol. The third-order valence-electron chi connectivity index (χ3n) is 6.49. The normalized spacial score (nSPS) is 20.1. The summed E-state index contributed by atoms with van der Waals surface area (Å²) in [7, 11) is -2.03. The van der Waals surface area contributed by atoms with Gasteiger partial charge in [0.2, 0.25) is 0 Å². The summed E-state index contributed by atoms with van der Waals surface area (Å²) < 4.78 is 18.4. The summed E-state index contributed by atoms with van der Waals surface area (Å²) in [6, 6.07) is 7.85. The van der Waals surface area contributed by atoms with E-state index in [1.165, 1.54) is 0 Å². The summed E-state index contributed by atoms with van der Waals surface area (Å²) in [5.74, 6) is 0. The molecule has 0 bridgehead atoms. The smallest absolute Gasteiger partial charge is 0.413 e. The second-order valence-corrected chi connectivity index (χ2v) is 16.5. The van der Waals surface area contributed by atoms with Crippen LogP contribution in [0.25, 0.3) is 11.0 Å². The molecule has 2 heterocycles. The van der Waals surface area contributed by atoms with E-state index in [-0.39, 0.29) is 17.2 Å². The van der Waals surface area contributed by atoms with E-state index in [9.17, 15) is 4.79 Å². The van der Waals surface area contributed by atoms with Crippen molar-refractivity contribution < 1.29 is 18.7 Å². The number of hydrogen-bond acceptors (Lipinski definition) is 4. The van der Waals surface area contributed by atoms with Gasteiger partial charge in [0, 0.05) is 10.9 Å². The summed E-state index contributed by atoms with van der Waals surface area (Å²) in [4.78, 5) is 15.0. The van der Waals surface area contributed by atoms with Crippen LogP contribution in [0.1, 0.15) is 67.0 Å². The molecule has 1 saturated heterocycles. The lowest BCUT2D eigenvalue weighted by Gasteiger charge is -2.38. The number of carbonyl (C=O) groups is 1. The first-order valence-electron chi connectivity index (χ1n) is 10.7. The first kappa shape index (κ1) is 22.9. The molecule has 1 aromatic carbocycles. The number of carbonyl (C=O) groups excluding carboxylic acids is 1. The Balaban J connectivity index is 2.22. The maximum atomic E-state index is 13.3. The van der Waals surface area contributed by atoms with Crippen LogP contribution >= 0.6 is 0 Å². The highest BCUT2D eigenvalue weighted by atomic mass is 28.3. The molecule has 30 heavy (non-hydrogen) atoms. The van der Waals surface area contributed by atoms with Crippen molar-refractivity contribution in [3.8, 4) is 0 Å². The fourth-order valence-electron chi connectivity index (χ4n) is 3.87. The van der Waals surface area contributed by atoms with Crippen LogP contribution in [0.2, 0.25) is 18.1 Å². The van der Waals surface area contributed by atoms with Crippen molar-refractivity contribution in [2.45, 2.75) is 90.9 Å². The van der Waals surface area contributed by atoms with Gasteiger partial charge in [0.05, 0.1) is 18.0 Å². The molecule has 166 valence electrons. The van der Waals surface area contributed by atoms with Crippen molar-refractivity contribution in [3.05, 3.63) is 29.8 Å². The van der Waals surface area contributed by atoms with Crippen LogP contribution < -0.4 is 5.38 Å². The molecule has 0 saturated carbocycles. The van der Waals surface area contributed by atoms with E-state index in [0.29, 0.717) is 6.61 Å². The van der Waals surface area contributed by atoms with Crippen molar-refractivity contribution >= 4 is 30.5 Å². The van der Waals surface area contributed by atoms with Crippen LogP contribution in [0.3, 0.4) is 0 Å². The van der Waals surface area contributed by atoms with Gasteiger partial charge in [-0.2, -0.15) is 0 Å². The van der Waals surface area contributed by atoms with E-state index >= 15 is 0 Å². The number of rotatable bonds is 2. The van der Waals surface area contributed by atoms with Gasteiger partial charge < -0.3 is 13.9 Å². The lowest BCUT2D eigenvalue weighted by atomic mass is 10.0. The van der Waals surface area contributed by atoms with E-state index in [1.807, 2.05) is 52.8 Å². The highest BCUT2D eigenvalue weighted by Crippen LogP contribution is 2.44. The van der Waals surface area contributed by atoms with Gasteiger partial charge in [-0.15, -0.1) is 0 Å². The molecule has 1 aliphatic rings. The SMILES string of the molecule is CC(C)(C)OC(=O)N1[C@H](c2c([Si](C)(C)C(C)(C)C)oc3ccccc23)COC1(C)C. The van der Waals surface area contributed by atoms with Crippen molar-refractivity contribution in [3.63, 3.8) is 0 Å². The molecule has 0 radical (unpaired) electrons. The van der Waals surface area contributed by atoms with Gasteiger partial charge in [-0.1, -0.05) is 52.1 Å². The molecule has 3 rings (SSSR count). The Bertz CT molecular complexity index is 946. The van der Waals surface area contributed by atoms with E-state index in [2.05, 4.69) is 39.9 Å². The molecule has 1 fully saturated rings. The number of amides is 1. The first-order valence-corrected chi connectivity index (χ1v) is 13.7. The van der Waals surface area contributed by atoms with Crippen molar-refractivity contribution in [2.24, 2.45) is 0 Å². The number of nitrogens with zero attached hydrogens (tertiary/aromatic N) is 1. The van der Waals surface area contributed by atoms with E-state index in [0.717, 1.165) is 21.9 Å². The average Bonchev–Trinajstić information content (AvgIpc) is 3.09. The number of hydrogen-bond donors (Lipinski definition) is 0. The molecule has 1 atom stereocenters. The number of ether oxygens (including phenoxy) is 2. The van der Waals surface area contributed by atoms with Gasteiger partial charge >= 0.3 is 6.09 Å². The summed E-state index contributed by atoms with van der Waals surface area (Å²) >= 11 is 0. The molecular formula is C24H37NO4Si. The zero-order chi connectivity index (χ0) is 22.7. The minimum Gasteiger partial charge on any atom is -0.466 e. The van der Waals surface area contributed by atoms with Crippen LogP contribution in [0.4, 0.5) is 4.79 Å². The van der Waals surface area contributed by atoms with Crippen molar-refractivity contribution in [2.75, 3.05) is 6.61 Å². The summed E-state index contributed by atoms with van der Waals surface area (Å²) in [5, 5.41) is 2.18. The highest BCUT2D eigenvalue weighted by Gasteiger charge is 2.51. The minimum absolute atomic E-state index is 0.0847. The third-order valence-corrected chi connectivity index (χ3v) is 11.7. The van der Waals surface area contributed by atoms with E-state index in [1.54, 1.807) is 4.90 Å². The molecular weight excluding hydrogens is 394 g/mol. The topological polar surface area (TPSA) is 51.9 Å². The molecule has 1 aromatic heterocycles. The Morgan fingerprint density at radius 2 is 1.73 bits per heavy atom. The quantitative estimate of drug-likeness (QED) is 0.532. The first-order chi connectivity index (χ1) is 13.6. The van der Waals surface area contributed by atoms with E-state index in [4.69, 9.17) is 13.9 Å². The maximum Gasteiger partial charge on any atom is 0.413 e. The fourth-order valence-corrected chi connectivity index (χ4v) is 5.89. The molecule has 0 N–H and O–H groups in total. The van der Waals surface area contributed by atoms with Gasteiger partial charge in [-0.05, 0) is 45.7 Å². The second-order valence-electron chi connectivity index (χ2n) is 11.3. The van der Waals surface area contributed by atoms with Gasteiger partial charge in [0.1, 0.15) is 25.0 Å². The summed E-state index contributed by atoms with van der Waals surface area (Å²) in [5.41, 5.74) is 0.590. The average molecular weight is 432 g/mol. The fraction of sp³-hybridized carbons (Fsp3) is 0.625. The van der Waals surface area contributed by atoms with Gasteiger partial charge in [-0.3, -0.25) is 4.90 Å². The van der Waals surface area contributed by atoms with Crippen LogP contribution in [0.5, 0.6) is 0 Å². The Hall–Kier alpha value is -1.79. The van der Waals surface area contributed by atoms with Gasteiger partial charge in [0.25, 0.3) is 0 Å². The lowest BCUT2D eigenvalue weighted by Crippen LogP contribution is -2.52. The molecule has 1 amide bonds. The minimum atomic E-state index is -2.03. The predicted octanol–water partition coefficient (Wildman–Crippen LogP) is 6.19. The molecule has 5 nitrogen and oxygen atoms in total. The predicted molar refractivity (Wildman–Crippen MR) is 124 cm³/mol. The Labute approximate surface area is 181 Å². The molecule has 0 unspecified atom stereocenters. The second kappa shape index (κ2) is 7.13. The molecule has 0 spiro atoms. The van der Waals surface area contributed by atoms with Crippen LogP contribution in [-0.4, -0.2) is 37.0 Å². The standard InChI is InChI=1S/C24H37NO4Si/c1-22(2,3)29-21(26)25-17(15-27-24(25,7)8)19-16-13-11-12-14-18(16)28-20(19)30(9,10)23(4,5)6/h11-14,17H,15H2,1-10H3/t17-/m0/s1. The van der Waals surface area contributed by atoms with Crippen molar-refractivity contribution in [1.82, 2.24) is 4.90 Å². The van der Waals surface area contributed by atoms with Crippen molar-refractivity contribution in [1.29, 1.82) is 0 Å². The highest BCUT2D eigenvalue weighted by molar-refractivity contribution is 6.91. The van der Waals surface area contributed by atoms with Crippen LogP contribution in [0.15, 0.2) is 28.7 Å². The van der Waals surface area contributed by atoms with Crippen LogP contribution in [-0.2, 0) is 9.47 Å². The molecule has 1 aliphatic heterocycles. The molecule has 0 aliphatic carbocycles. The Kier molecular flexibility index (Phi) is 5.44. The van der Waals surface area contributed by atoms with Crippen LogP contribution in [0, 0.1) is 0 Å². The summed E-state index contributed by atoms with van der Waals surface area (Å²) in [6.45, 7) is 21.4. The number of furan rings is 1. The van der Waals surface area contributed by atoms with Gasteiger partial charge in [0.15, 0.2) is 0 Å². The third kappa shape index (κ3) is 3.92. The van der Waals surface area contributed by atoms with E-state index < -0.39 is 19.4 Å². The number of fused-ring (bicyclic) bond motifs is 1. The Morgan fingerprint density at radius 1 is 1.13 bits per heavy atom. The zero-order valence-electron chi connectivity index (χ0n) is 20.2. The Morgan fingerprint density at radius 3 is 2.30 bits per heavy atom. The number of benzene rings is 1. The lowest BCUT2D eigenvalue weighted by molar-refractivity contribution is -0.0625. The largest absolute Gasteiger partial charge is 0.466 e. The van der Waals surface area contributed by atoms with Gasteiger partial charge in [-0.25, -0.2) is 4.79 Å². The molecule has 2 aromatic rings. The molecule has 6 heteroatoms. The maximum absolute atomic E-state index is 13.3. The number of para-hydroxylation sites is 1. The summed E-state index contributed by atoms with van der Waals surface area (Å²) in [6.07, 6.45) is -0.360.